The molecule has 4 bridgehead atoms. The molecular formula is C36H47N5O9S. The highest BCUT2D eigenvalue weighted by molar-refractivity contribution is 7.91. The van der Waals surface area contributed by atoms with Crippen LogP contribution in [0.25, 0.3) is 6.08 Å². The summed E-state index contributed by atoms with van der Waals surface area (Å²) in [6.45, 7) is 2.62. The number of hydrogen-bond acceptors (Lipinski definition) is 9. The number of nitrogens with one attached hydrogen (secondary N) is 3. The van der Waals surface area contributed by atoms with Gasteiger partial charge in [0.2, 0.25) is 21.8 Å². The third-order valence-corrected chi connectivity index (χ3v) is 13.2. The number of benzene rings is 1. The molecule has 5 amide bonds. The van der Waals surface area contributed by atoms with Gasteiger partial charge in [0.05, 0.1) is 24.9 Å². The first-order valence-corrected chi connectivity index (χ1v) is 19.9. The highest BCUT2D eigenvalue weighted by Crippen LogP contribution is 2.47. The van der Waals surface area contributed by atoms with E-state index in [0.717, 1.165) is 29.5 Å². The molecular weight excluding hydrogens is 678 g/mol. The van der Waals surface area contributed by atoms with Crippen molar-refractivity contribution in [2.75, 3.05) is 13.2 Å². The van der Waals surface area contributed by atoms with Gasteiger partial charge in [-0.2, -0.15) is 0 Å². The predicted octanol–water partition coefficient (Wildman–Crippen LogP) is 3.09. The number of hydrogen-bond donors (Lipinski definition) is 3. The van der Waals surface area contributed by atoms with Gasteiger partial charge in [-0.1, -0.05) is 56.5 Å². The zero-order valence-electron chi connectivity index (χ0n) is 28.9. The van der Waals surface area contributed by atoms with Crippen molar-refractivity contribution in [1.82, 2.24) is 25.2 Å². The highest BCUT2D eigenvalue weighted by atomic mass is 32.2. The standard InChI is InChI=1S/C36H47N5O9S/c1-2-25-18-36(25,33(44)39-51(47,48)27-14-15-27)38-31(42)29-17-26-20-41(29)32(43)30(23-10-5-6-11-23)37-34(45)49-16-7-3-4-9-22-12-8-13-24-19-40(21-28(22)24)35(46)50-26/h4,8-9,12-13,23,25-27,29-30H,2-3,5-7,10-11,14-21H2,1H3,(H,37,45)(H,38,42)(H,39,44)/b9-4+/t25-,26+,29-,30-,36+/m0/s1. The maximum Gasteiger partial charge on any atom is 0.410 e. The fourth-order valence-corrected chi connectivity index (χ4v) is 9.58. The monoisotopic (exact) mass is 725 g/mol. The quantitative estimate of drug-likeness (QED) is 0.381. The van der Waals surface area contributed by atoms with Gasteiger partial charge in [0.1, 0.15) is 23.7 Å². The summed E-state index contributed by atoms with van der Waals surface area (Å²) in [5.74, 6) is -2.38. The number of fused-ring (bicyclic) bond motifs is 3. The van der Waals surface area contributed by atoms with Crippen molar-refractivity contribution in [1.29, 1.82) is 0 Å². The average Bonchev–Trinajstić information content (AvgIpc) is 3.88. The summed E-state index contributed by atoms with van der Waals surface area (Å²) in [5.41, 5.74) is 1.57. The van der Waals surface area contributed by atoms with Crippen LogP contribution in [-0.2, 0) is 47.0 Å². The molecule has 3 aliphatic carbocycles. The zero-order chi connectivity index (χ0) is 35.9. The summed E-state index contributed by atoms with van der Waals surface area (Å²) < 4.78 is 39.0. The molecule has 14 nitrogen and oxygen atoms in total. The van der Waals surface area contributed by atoms with E-state index < -0.39 is 68.9 Å². The second kappa shape index (κ2) is 14.1. The lowest BCUT2D eigenvalue weighted by Gasteiger charge is -2.32. The van der Waals surface area contributed by atoms with E-state index in [9.17, 15) is 32.4 Å². The van der Waals surface area contributed by atoms with Crippen molar-refractivity contribution < 1.29 is 41.9 Å². The van der Waals surface area contributed by atoms with Crippen LogP contribution in [0, 0.1) is 11.8 Å². The Bertz CT molecular complexity index is 1720. The van der Waals surface area contributed by atoms with Gasteiger partial charge in [0, 0.05) is 13.0 Å². The summed E-state index contributed by atoms with van der Waals surface area (Å²) in [6.07, 6.45) is 8.01. The molecule has 1 aromatic carbocycles. The number of ether oxygens (including phenoxy) is 2. The van der Waals surface area contributed by atoms with Crippen LogP contribution in [0.2, 0.25) is 0 Å². The second-order valence-corrected chi connectivity index (χ2v) is 16.8. The number of cyclic esters (lactones) is 1. The summed E-state index contributed by atoms with van der Waals surface area (Å²) in [6, 6.07) is 3.79. The van der Waals surface area contributed by atoms with Gasteiger partial charge < -0.3 is 25.0 Å². The Balaban J connectivity index is 1.15. The van der Waals surface area contributed by atoms with Crippen molar-refractivity contribution in [3.05, 3.63) is 41.0 Å². The molecule has 5 atom stereocenters. The SMILES string of the molecule is CC[C@H]1C[C@]1(NC(=O)[C@@H]1C[C@@H]2CN1C(=O)[C@H](C1CCCC1)NC(=O)OCCC/C=C/c1cccc3c1CN(C3)C(=O)O2)C(=O)NS(=O)(=O)C1CC1. The Kier molecular flexibility index (Phi) is 9.76. The van der Waals surface area contributed by atoms with E-state index >= 15 is 0 Å². The minimum Gasteiger partial charge on any atom is -0.450 e. The fourth-order valence-electron chi connectivity index (χ4n) is 8.22. The first kappa shape index (κ1) is 35.3. The molecule has 3 aliphatic heterocycles. The maximum absolute atomic E-state index is 14.5. The first-order chi connectivity index (χ1) is 24.5. The molecule has 4 fully saturated rings. The molecule has 276 valence electrons. The largest absolute Gasteiger partial charge is 0.450 e. The van der Waals surface area contributed by atoms with E-state index in [1.807, 2.05) is 37.3 Å². The van der Waals surface area contributed by atoms with Crippen molar-refractivity contribution in [3.63, 3.8) is 0 Å². The molecule has 51 heavy (non-hydrogen) atoms. The van der Waals surface area contributed by atoms with Gasteiger partial charge in [0.15, 0.2) is 0 Å². The van der Waals surface area contributed by atoms with Gasteiger partial charge in [-0.15, -0.1) is 0 Å². The van der Waals surface area contributed by atoms with Crippen molar-refractivity contribution >= 4 is 46.0 Å². The minimum absolute atomic E-state index is 0.0330. The van der Waals surface area contributed by atoms with E-state index in [1.54, 1.807) is 4.90 Å². The third-order valence-electron chi connectivity index (χ3n) is 11.4. The fraction of sp³-hybridized carbons (Fsp3) is 0.639. The Labute approximate surface area is 298 Å². The molecule has 3 saturated carbocycles. The normalized spacial score (nSPS) is 30.7. The number of amides is 5. The Morgan fingerprint density at radius 2 is 1.84 bits per heavy atom. The van der Waals surface area contributed by atoms with Crippen molar-refractivity contribution in [2.24, 2.45) is 11.8 Å². The maximum atomic E-state index is 14.5. The molecule has 0 aromatic heterocycles. The van der Waals surface area contributed by atoms with Gasteiger partial charge in [-0.05, 0) is 73.5 Å². The van der Waals surface area contributed by atoms with Crippen LogP contribution in [-0.4, -0.2) is 90.3 Å². The van der Waals surface area contributed by atoms with Crippen LogP contribution >= 0.6 is 0 Å². The molecule has 6 aliphatic rings. The summed E-state index contributed by atoms with van der Waals surface area (Å²) >= 11 is 0. The molecule has 0 spiro atoms. The van der Waals surface area contributed by atoms with E-state index in [0.29, 0.717) is 58.0 Å². The van der Waals surface area contributed by atoms with Gasteiger partial charge in [0.25, 0.3) is 5.91 Å². The number of allylic oxidation sites excluding steroid dienone is 1. The topological polar surface area (TPSA) is 181 Å². The Morgan fingerprint density at radius 3 is 2.57 bits per heavy atom. The van der Waals surface area contributed by atoms with E-state index in [2.05, 4.69) is 15.4 Å². The molecule has 15 heteroatoms. The summed E-state index contributed by atoms with van der Waals surface area (Å²) in [5, 5.41) is 5.01. The van der Waals surface area contributed by atoms with Crippen LogP contribution in [0.4, 0.5) is 9.59 Å². The molecule has 1 saturated heterocycles. The minimum atomic E-state index is -3.86. The molecule has 0 radical (unpaired) electrons. The van der Waals surface area contributed by atoms with Gasteiger partial charge in [-0.25, -0.2) is 18.0 Å². The number of nitrogens with zero attached hydrogens (tertiary/aromatic N) is 2. The van der Waals surface area contributed by atoms with Crippen molar-refractivity contribution in [2.45, 2.75) is 120 Å². The van der Waals surface area contributed by atoms with Crippen molar-refractivity contribution in [3.8, 4) is 0 Å². The highest BCUT2D eigenvalue weighted by Gasteiger charge is 2.62. The number of rotatable bonds is 7. The Hall–Kier alpha value is -4.14. The third kappa shape index (κ3) is 7.31. The van der Waals surface area contributed by atoms with Crippen LogP contribution in [0.1, 0.15) is 94.2 Å². The van der Waals surface area contributed by atoms with Gasteiger partial charge in [-0.3, -0.25) is 24.0 Å². The molecule has 3 heterocycles. The molecule has 0 unspecified atom stereocenters. The van der Waals surface area contributed by atoms with Gasteiger partial charge >= 0.3 is 12.2 Å². The lowest BCUT2D eigenvalue weighted by molar-refractivity contribution is -0.142. The number of alkyl carbamates (subject to hydrolysis) is 1. The number of sulfonamides is 1. The van der Waals surface area contributed by atoms with E-state index in [1.165, 1.54) is 4.90 Å². The van der Waals surface area contributed by atoms with Crippen LogP contribution < -0.4 is 15.4 Å². The number of carbonyl (C=O) groups excluding carboxylic acids is 5. The lowest BCUT2D eigenvalue weighted by Crippen LogP contribution is -2.59. The van der Waals surface area contributed by atoms with E-state index in [4.69, 9.17) is 9.47 Å². The first-order valence-electron chi connectivity index (χ1n) is 18.3. The van der Waals surface area contributed by atoms with Crippen LogP contribution in [0.15, 0.2) is 24.3 Å². The molecule has 7 rings (SSSR count). The van der Waals surface area contributed by atoms with Crippen LogP contribution in [0.3, 0.4) is 0 Å². The molecule has 3 N–H and O–H groups in total. The lowest BCUT2D eigenvalue weighted by atomic mass is 9.96. The Morgan fingerprint density at radius 1 is 1.06 bits per heavy atom. The smallest absolute Gasteiger partial charge is 0.410 e. The van der Waals surface area contributed by atoms with E-state index in [-0.39, 0.29) is 37.8 Å². The average molecular weight is 726 g/mol. The summed E-state index contributed by atoms with van der Waals surface area (Å²) in [4.78, 5) is 71.7. The molecule has 1 aromatic rings. The summed E-state index contributed by atoms with van der Waals surface area (Å²) in [7, 11) is -3.86. The predicted molar refractivity (Wildman–Crippen MR) is 184 cm³/mol. The zero-order valence-corrected chi connectivity index (χ0v) is 29.8. The second-order valence-electron chi connectivity index (χ2n) is 14.9. The number of carbonyl (C=O) groups is 5. The van der Waals surface area contributed by atoms with Crippen LogP contribution in [0.5, 0.6) is 0 Å².